The Labute approximate surface area is 145 Å². The molecule has 0 aliphatic carbocycles. The summed E-state index contributed by atoms with van der Waals surface area (Å²) in [6.45, 7) is 2.49. The first kappa shape index (κ1) is 15.8. The van der Waals surface area contributed by atoms with Gasteiger partial charge in [0.05, 0.1) is 24.1 Å². The minimum atomic E-state index is 0.0302. The summed E-state index contributed by atoms with van der Waals surface area (Å²) in [5, 5.41) is 13.2. The summed E-state index contributed by atoms with van der Waals surface area (Å²) in [6, 6.07) is 2.13. The van der Waals surface area contributed by atoms with E-state index in [1.54, 1.807) is 15.5 Å². The predicted octanol–water partition coefficient (Wildman–Crippen LogP) is 0.826. The van der Waals surface area contributed by atoms with Crippen LogP contribution in [-0.4, -0.2) is 48.0 Å². The van der Waals surface area contributed by atoms with Crippen LogP contribution in [0, 0.1) is 0 Å². The Morgan fingerprint density at radius 1 is 1.38 bits per heavy atom. The number of hydrogen-bond acceptors (Lipinski definition) is 6. The molecule has 7 nitrogen and oxygen atoms in total. The third kappa shape index (κ3) is 3.25. The van der Waals surface area contributed by atoms with Crippen LogP contribution in [0.1, 0.15) is 29.8 Å². The van der Waals surface area contributed by atoms with E-state index < -0.39 is 0 Å². The molecule has 0 spiro atoms. The van der Waals surface area contributed by atoms with Crippen molar-refractivity contribution in [2.45, 2.75) is 44.1 Å². The zero-order valence-electron chi connectivity index (χ0n) is 13.9. The van der Waals surface area contributed by atoms with Crippen molar-refractivity contribution in [1.82, 2.24) is 29.7 Å². The monoisotopic (exact) mass is 346 g/mol. The van der Waals surface area contributed by atoms with E-state index >= 15 is 0 Å². The van der Waals surface area contributed by atoms with Crippen LogP contribution in [0.5, 0.6) is 0 Å². The summed E-state index contributed by atoms with van der Waals surface area (Å²) in [6.07, 6.45) is 5.03. The molecule has 4 heterocycles. The fraction of sp³-hybridized carbons (Fsp3) is 0.625. The van der Waals surface area contributed by atoms with Crippen LogP contribution in [0.2, 0.25) is 0 Å². The zero-order chi connectivity index (χ0) is 16.5. The number of aryl methyl sites for hydroxylation is 2. The van der Waals surface area contributed by atoms with Gasteiger partial charge in [0, 0.05) is 37.9 Å². The van der Waals surface area contributed by atoms with Crippen LogP contribution in [0.15, 0.2) is 17.1 Å². The van der Waals surface area contributed by atoms with Gasteiger partial charge in [0.1, 0.15) is 0 Å². The third-order valence-electron chi connectivity index (χ3n) is 4.80. The summed E-state index contributed by atoms with van der Waals surface area (Å²) in [5.74, 6) is 2.01. The Kier molecular flexibility index (Phi) is 4.41. The van der Waals surface area contributed by atoms with Crippen molar-refractivity contribution in [3.05, 3.63) is 39.6 Å². The summed E-state index contributed by atoms with van der Waals surface area (Å²) < 4.78 is 1.68. The maximum Gasteiger partial charge on any atom is 0.267 e. The molecule has 8 heteroatoms. The van der Waals surface area contributed by atoms with E-state index in [2.05, 4.69) is 20.2 Å². The first-order chi connectivity index (χ1) is 11.7. The topological polar surface area (TPSA) is 68.8 Å². The largest absolute Gasteiger partial charge is 0.293 e. The van der Waals surface area contributed by atoms with Gasteiger partial charge in [0.25, 0.3) is 5.56 Å². The highest BCUT2D eigenvalue weighted by Gasteiger charge is 2.26. The van der Waals surface area contributed by atoms with Crippen molar-refractivity contribution in [3.63, 3.8) is 0 Å². The molecular weight excluding hydrogens is 324 g/mol. The Balaban J connectivity index is 1.50. The molecule has 2 aromatic rings. The molecule has 4 rings (SSSR count). The van der Waals surface area contributed by atoms with E-state index in [0.717, 1.165) is 60.8 Å². The van der Waals surface area contributed by atoms with Gasteiger partial charge in [-0.2, -0.15) is 31.9 Å². The van der Waals surface area contributed by atoms with Gasteiger partial charge in [-0.15, -0.1) is 0 Å². The predicted molar refractivity (Wildman–Crippen MR) is 92.8 cm³/mol. The fourth-order valence-electron chi connectivity index (χ4n) is 3.56. The lowest BCUT2D eigenvalue weighted by molar-refractivity contribution is 0.213. The lowest BCUT2D eigenvalue weighted by Crippen LogP contribution is -2.37. The minimum absolute atomic E-state index is 0.0302. The van der Waals surface area contributed by atoms with E-state index in [1.807, 2.05) is 25.0 Å². The lowest BCUT2D eigenvalue weighted by atomic mass is 10.2. The molecule has 0 saturated carbocycles. The second-order valence-electron chi connectivity index (χ2n) is 6.53. The highest BCUT2D eigenvalue weighted by molar-refractivity contribution is 7.98. The number of thioether (sulfide) groups is 1. The van der Waals surface area contributed by atoms with Crippen LogP contribution >= 0.6 is 11.8 Å². The Morgan fingerprint density at radius 2 is 2.29 bits per heavy atom. The van der Waals surface area contributed by atoms with Crippen molar-refractivity contribution < 1.29 is 0 Å². The summed E-state index contributed by atoms with van der Waals surface area (Å²) in [5.41, 5.74) is 3.23. The van der Waals surface area contributed by atoms with Crippen molar-refractivity contribution in [2.75, 3.05) is 12.3 Å². The summed E-state index contributed by atoms with van der Waals surface area (Å²) in [7, 11) is 1.83. The van der Waals surface area contributed by atoms with Crippen molar-refractivity contribution >= 4 is 11.8 Å². The third-order valence-corrected chi connectivity index (χ3v) is 5.81. The molecule has 2 aromatic heterocycles. The summed E-state index contributed by atoms with van der Waals surface area (Å²) in [4.78, 5) is 16.4. The van der Waals surface area contributed by atoms with Gasteiger partial charge < -0.3 is 0 Å². The molecule has 1 saturated heterocycles. The zero-order valence-corrected chi connectivity index (χ0v) is 14.7. The maximum absolute atomic E-state index is 12.4. The number of aromatic nitrogens is 5. The van der Waals surface area contributed by atoms with Crippen LogP contribution in [-0.2, 0) is 32.3 Å². The highest BCUT2D eigenvalue weighted by Crippen LogP contribution is 2.23. The van der Waals surface area contributed by atoms with Crippen LogP contribution in [0.25, 0.3) is 0 Å². The molecular formula is C16H22N6OS. The number of rotatable bonds is 4. The van der Waals surface area contributed by atoms with Gasteiger partial charge >= 0.3 is 0 Å². The van der Waals surface area contributed by atoms with Gasteiger partial charge in [-0.3, -0.25) is 9.69 Å². The molecule has 1 atom stereocenters. The maximum atomic E-state index is 12.4. The van der Waals surface area contributed by atoms with E-state index in [-0.39, 0.29) is 5.56 Å². The first-order valence-electron chi connectivity index (χ1n) is 8.46. The average molecular weight is 346 g/mol. The average Bonchev–Trinajstić information content (AvgIpc) is 3.18. The smallest absolute Gasteiger partial charge is 0.267 e. The van der Waals surface area contributed by atoms with E-state index in [4.69, 9.17) is 0 Å². The number of fused-ring (bicyclic) bond motifs is 1. The van der Waals surface area contributed by atoms with Gasteiger partial charge in [0.15, 0.2) is 0 Å². The Hall–Kier alpha value is -1.67. The van der Waals surface area contributed by atoms with E-state index in [9.17, 15) is 4.79 Å². The van der Waals surface area contributed by atoms with E-state index in [1.165, 1.54) is 0 Å². The number of hydrogen-bond donors (Lipinski definition) is 0. The number of nitrogens with zero attached hydrogens (tertiary/aromatic N) is 6. The fourth-order valence-corrected chi connectivity index (χ4v) is 4.51. The second-order valence-corrected chi connectivity index (χ2v) is 7.64. The minimum Gasteiger partial charge on any atom is -0.293 e. The molecule has 0 aromatic carbocycles. The quantitative estimate of drug-likeness (QED) is 0.817. The van der Waals surface area contributed by atoms with Gasteiger partial charge in [-0.1, -0.05) is 0 Å². The molecule has 0 N–H and O–H groups in total. The van der Waals surface area contributed by atoms with Crippen molar-refractivity contribution in [2.24, 2.45) is 7.05 Å². The molecule has 0 amide bonds. The Morgan fingerprint density at radius 3 is 3.12 bits per heavy atom. The van der Waals surface area contributed by atoms with Crippen LogP contribution < -0.4 is 5.56 Å². The molecule has 128 valence electrons. The Bertz CT molecular complexity index is 785. The number of likely N-dealkylation sites (tertiary alicyclic amines) is 1. The SMILES string of the molecule is Cn1ncc(CN2CCCC2Cn2nc3c(cc2=O)CSCC3)n1. The van der Waals surface area contributed by atoms with Crippen molar-refractivity contribution in [3.8, 4) is 0 Å². The molecule has 2 aliphatic rings. The summed E-state index contributed by atoms with van der Waals surface area (Å²) >= 11 is 1.88. The van der Waals surface area contributed by atoms with Crippen LogP contribution in [0.3, 0.4) is 0 Å². The molecule has 24 heavy (non-hydrogen) atoms. The van der Waals surface area contributed by atoms with Gasteiger partial charge in [-0.25, -0.2) is 4.68 Å². The molecule has 1 unspecified atom stereocenters. The molecule has 1 fully saturated rings. The highest BCUT2D eigenvalue weighted by atomic mass is 32.2. The van der Waals surface area contributed by atoms with Gasteiger partial charge in [0.2, 0.25) is 0 Å². The van der Waals surface area contributed by atoms with Crippen LogP contribution in [0.4, 0.5) is 0 Å². The lowest BCUT2D eigenvalue weighted by Gasteiger charge is -2.24. The second kappa shape index (κ2) is 6.68. The van der Waals surface area contributed by atoms with E-state index in [0.29, 0.717) is 12.6 Å². The first-order valence-corrected chi connectivity index (χ1v) is 9.61. The van der Waals surface area contributed by atoms with Gasteiger partial charge in [-0.05, 0) is 30.7 Å². The molecule has 2 aliphatic heterocycles. The normalized spacial score (nSPS) is 21.1. The standard InChI is InChI=1S/C16H22N6OS/c1-20-17-8-13(18-20)9-21-5-2-3-14(21)10-22-16(23)7-12-11-24-6-4-15(12)19-22/h7-8,14H,2-6,9-11H2,1H3. The van der Waals surface area contributed by atoms with Crippen molar-refractivity contribution in [1.29, 1.82) is 0 Å². The molecule has 0 bridgehead atoms. The molecule has 0 radical (unpaired) electrons.